The van der Waals surface area contributed by atoms with Gasteiger partial charge in [0.05, 0.1) is 5.56 Å². The highest BCUT2D eigenvalue weighted by atomic mass is 19.4. The van der Waals surface area contributed by atoms with Gasteiger partial charge in [0.15, 0.2) is 0 Å². The predicted octanol–water partition coefficient (Wildman–Crippen LogP) is 5.84. The summed E-state index contributed by atoms with van der Waals surface area (Å²) in [7, 11) is 0. The molecule has 1 aliphatic rings. The summed E-state index contributed by atoms with van der Waals surface area (Å²) in [6.07, 6.45) is -4.12. The van der Waals surface area contributed by atoms with Gasteiger partial charge in [-0.2, -0.15) is 13.2 Å². The van der Waals surface area contributed by atoms with E-state index in [9.17, 15) is 27.6 Å². The molecule has 4 rings (SSSR count). The number of nitrogens with zero attached hydrogens (tertiary/aromatic N) is 1. The Bertz CT molecular complexity index is 1310. The summed E-state index contributed by atoms with van der Waals surface area (Å²) in [5.41, 5.74) is 2.78. The van der Waals surface area contributed by atoms with Gasteiger partial charge in [0.25, 0.3) is 5.91 Å². The molecule has 0 aromatic heterocycles. The number of hydrogen-bond acceptors (Lipinski definition) is 3. The first kappa shape index (κ1) is 24.8. The van der Waals surface area contributed by atoms with Gasteiger partial charge in [-0.05, 0) is 65.6 Å². The van der Waals surface area contributed by atoms with Gasteiger partial charge in [-0.1, -0.05) is 24.3 Å². The highest BCUT2D eigenvalue weighted by Crippen LogP contribution is 2.31. The maximum Gasteiger partial charge on any atom is 0.416 e. The largest absolute Gasteiger partial charge is 0.481 e. The molecule has 7 nitrogen and oxygen atoms in total. The molecular weight excluding hydrogens is 475 g/mol. The third-order valence-electron chi connectivity index (χ3n) is 5.73. The molecule has 0 bridgehead atoms. The normalized spacial score (nSPS) is 12.9. The van der Waals surface area contributed by atoms with E-state index in [1.807, 2.05) is 12.1 Å². The molecule has 3 amide bonds. The maximum absolute atomic E-state index is 12.9. The summed E-state index contributed by atoms with van der Waals surface area (Å²) >= 11 is 0. The number of halogens is 3. The fraction of sp³-hybridized carbons (Fsp3) is 0.192. The Morgan fingerprint density at radius 3 is 2.31 bits per heavy atom. The second-order valence-corrected chi connectivity index (χ2v) is 8.33. The number of fused-ring (bicyclic) bond motifs is 1. The minimum absolute atomic E-state index is 0.00370. The lowest BCUT2D eigenvalue weighted by molar-refractivity contribution is -0.138. The van der Waals surface area contributed by atoms with Crippen LogP contribution in [0.15, 0.2) is 66.7 Å². The topological polar surface area (TPSA) is 98.7 Å². The Balaban J connectivity index is 1.38. The van der Waals surface area contributed by atoms with E-state index >= 15 is 0 Å². The molecule has 0 unspecified atom stereocenters. The molecule has 0 spiro atoms. The smallest absolute Gasteiger partial charge is 0.416 e. The molecule has 3 aromatic rings. The van der Waals surface area contributed by atoms with Crippen LogP contribution in [0.5, 0.6) is 0 Å². The quantitative estimate of drug-likeness (QED) is 0.382. The number of urea groups is 1. The lowest BCUT2D eigenvalue weighted by atomic mass is 10.0. The first-order valence-electron chi connectivity index (χ1n) is 11.1. The average molecular weight is 497 g/mol. The molecular formula is C26H22F3N3O4. The van der Waals surface area contributed by atoms with Crippen LogP contribution in [0.3, 0.4) is 0 Å². The van der Waals surface area contributed by atoms with E-state index in [1.165, 1.54) is 12.1 Å². The van der Waals surface area contributed by atoms with Crippen LogP contribution in [0.4, 0.5) is 29.3 Å². The third kappa shape index (κ3) is 5.83. The number of hydrogen-bond donors (Lipinski definition) is 3. The molecule has 0 saturated heterocycles. The summed E-state index contributed by atoms with van der Waals surface area (Å²) in [6, 6.07) is 16.0. The van der Waals surface area contributed by atoms with Crippen LogP contribution >= 0.6 is 0 Å². The van der Waals surface area contributed by atoms with E-state index in [0.29, 0.717) is 30.8 Å². The van der Waals surface area contributed by atoms with Crippen molar-refractivity contribution in [1.82, 2.24) is 4.90 Å². The third-order valence-corrected chi connectivity index (χ3v) is 5.73. The number of nitrogens with one attached hydrogen (secondary N) is 2. The second-order valence-electron chi connectivity index (χ2n) is 8.33. The van der Waals surface area contributed by atoms with Gasteiger partial charge < -0.3 is 20.6 Å². The number of benzene rings is 3. The zero-order chi connectivity index (χ0) is 25.9. The molecule has 36 heavy (non-hydrogen) atoms. The molecule has 1 aliphatic heterocycles. The maximum atomic E-state index is 12.9. The Morgan fingerprint density at radius 2 is 1.61 bits per heavy atom. The van der Waals surface area contributed by atoms with Crippen molar-refractivity contribution in [3.63, 3.8) is 0 Å². The van der Waals surface area contributed by atoms with Gasteiger partial charge in [-0.3, -0.25) is 9.59 Å². The standard InChI is InChI=1S/C26H22F3N3O4/c27-26(28,29)19-3-1-4-21(14-19)31-25(36)30-20-9-6-16(7-10-20)17-8-11-22-18(13-17)15-32(24(22)35)12-2-5-23(33)34/h1,3-4,6-11,13-14H,2,5,12,15H2,(H,33,34)(H2,30,31,36). The molecule has 1 heterocycles. The number of carboxylic acids is 1. The van der Waals surface area contributed by atoms with Gasteiger partial charge in [0.2, 0.25) is 0 Å². The van der Waals surface area contributed by atoms with Crippen molar-refractivity contribution >= 4 is 29.3 Å². The number of amides is 3. The van der Waals surface area contributed by atoms with Crippen LogP contribution in [0, 0.1) is 0 Å². The van der Waals surface area contributed by atoms with E-state index in [-0.39, 0.29) is 18.0 Å². The lowest BCUT2D eigenvalue weighted by Gasteiger charge is -2.14. The summed E-state index contributed by atoms with van der Waals surface area (Å²) in [5.74, 6) is -1.01. The summed E-state index contributed by atoms with van der Waals surface area (Å²) < 4.78 is 38.6. The molecule has 0 radical (unpaired) electrons. The highest BCUT2D eigenvalue weighted by Gasteiger charge is 2.30. The van der Waals surface area contributed by atoms with Gasteiger partial charge >= 0.3 is 18.2 Å². The van der Waals surface area contributed by atoms with Crippen molar-refractivity contribution in [3.05, 3.63) is 83.4 Å². The minimum Gasteiger partial charge on any atom is -0.481 e. The monoisotopic (exact) mass is 497 g/mol. The van der Waals surface area contributed by atoms with Gasteiger partial charge in [0, 0.05) is 36.4 Å². The van der Waals surface area contributed by atoms with Crippen LogP contribution in [0.2, 0.25) is 0 Å². The fourth-order valence-corrected chi connectivity index (χ4v) is 3.97. The Labute approximate surface area is 204 Å². The fourth-order valence-electron chi connectivity index (χ4n) is 3.97. The van der Waals surface area contributed by atoms with Gasteiger partial charge in [0.1, 0.15) is 0 Å². The van der Waals surface area contributed by atoms with Crippen LogP contribution in [0.1, 0.15) is 34.3 Å². The molecule has 0 fully saturated rings. The number of rotatable bonds is 7. The second kappa shape index (κ2) is 10.1. The van der Waals surface area contributed by atoms with Crippen LogP contribution in [0.25, 0.3) is 11.1 Å². The van der Waals surface area contributed by atoms with Crippen molar-refractivity contribution in [3.8, 4) is 11.1 Å². The molecule has 186 valence electrons. The van der Waals surface area contributed by atoms with Crippen molar-refractivity contribution in [2.45, 2.75) is 25.6 Å². The number of carbonyl (C=O) groups excluding carboxylic acids is 2. The zero-order valence-corrected chi connectivity index (χ0v) is 18.9. The van der Waals surface area contributed by atoms with Gasteiger partial charge in [-0.15, -0.1) is 0 Å². The van der Waals surface area contributed by atoms with Crippen molar-refractivity contribution < 1.29 is 32.7 Å². The zero-order valence-electron chi connectivity index (χ0n) is 18.9. The summed E-state index contributed by atoms with van der Waals surface area (Å²) in [5, 5.41) is 13.8. The molecule has 10 heteroatoms. The van der Waals surface area contributed by atoms with E-state index in [0.717, 1.165) is 28.8 Å². The molecule has 0 aliphatic carbocycles. The first-order chi connectivity index (χ1) is 17.1. The summed E-state index contributed by atoms with van der Waals surface area (Å²) in [4.78, 5) is 37.1. The molecule has 3 N–H and O–H groups in total. The van der Waals surface area contributed by atoms with Crippen molar-refractivity contribution in [1.29, 1.82) is 0 Å². The molecule has 0 atom stereocenters. The van der Waals surface area contributed by atoms with E-state index in [4.69, 9.17) is 5.11 Å². The van der Waals surface area contributed by atoms with Crippen LogP contribution in [-0.4, -0.2) is 34.5 Å². The molecule has 0 saturated carbocycles. The SMILES string of the molecule is O=C(O)CCCN1Cc2cc(-c3ccc(NC(=O)Nc4cccc(C(F)(F)F)c4)cc3)ccc2C1=O. The van der Waals surface area contributed by atoms with E-state index in [2.05, 4.69) is 10.6 Å². The number of alkyl halides is 3. The predicted molar refractivity (Wildman–Crippen MR) is 128 cm³/mol. The number of carbonyl (C=O) groups is 3. The lowest BCUT2D eigenvalue weighted by Crippen LogP contribution is -2.25. The average Bonchev–Trinajstić information content (AvgIpc) is 3.13. The van der Waals surface area contributed by atoms with E-state index in [1.54, 1.807) is 35.2 Å². The van der Waals surface area contributed by atoms with E-state index < -0.39 is 23.7 Å². The van der Waals surface area contributed by atoms with Crippen molar-refractivity contribution in [2.24, 2.45) is 0 Å². The minimum atomic E-state index is -4.51. The highest BCUT2D eigenvalue weighted by molar-refractivity contribution is 6.00. The van der Waals surface area contributed by atoms with Crippen molar-refractivity contribution in [2.75, 3.05) is 17.2 Å². The number of carboxylic acid groups (broad SMARTS) is 1. The van der Waals surface area contributed by atoms with Crippen LogP contribution in [-0.2, 0) is 17.5 Å². The number of aliphatic carboxylic acids is 1. The Kier molecular flexibility index (Phi) is 6.96. The first-order valence-corrected chi connectivity index (χ1v) is 11.1. The molecule has 3 aromatic carbocycles. The summed E-state index contributed by atoms with van der Waals surface area (Å²) in [6.45, 7) is 0.787. The number of anilines is 2. The Hall–Kier alpha value is -4.34. The van der Waals surface area contributed by atoms with Gasteiger partial charge in [-0.25, -0.2) is 4.79 Å². The van der Waals surface area contributed by atoms with Crippen LogP contribution < -0.4 is 10.6 Å². The Morgan fingerprint density at radius 1 is 0.917 bits per heavy atom.